The first-order valence-electron chi connectivity index (χ1n) is 11.8. The second kappa shape index (κ2) is 11.6. The van der Waals surface area contributed by atoms with Crippen molar-refractivity contribution in [2.75, 3.05) is 0 Å². The summed E-state index contributed by atoms with van der Waals surface area (Å²) in [5.74, 6) is -0.440. The first-order valence-corrected chi connectivity index (χ1v) is 11.8. The molecule has 7 nitrogen and oxygen atoms in total. The lowest BCUT2D eigenvalue weighted by molar-refractivity contribution is -0.385. The van der Waals surface area contributed by atoms with E-state index >= 15 is 0 Å². The van der Waals surface area contributed by atoms with Crippen molar-refractivity contribution >= 4 is 17.5 Å². The number of nitro benzene ring substituents is 1. The molecule has 0 radical (unpaired) electrons. The Kier molecular flexibility index (Phi) is 8.58. The highest BCUT2D eigenvalue weighted by Gasteiger charge is 2.31. The van der Waals surface area contributed by atoms with Gasteiger partial charge in [-0.3, -0.25) is 19.7 Å². The molecule has 2 aromatic rings. The molecular formula is C26H33N3O4. The standard InChI is InChI=1S/C26H33N3O4/c1-3-23(26(31)27-22-13-5-4-6-14-22)28(18-20-11-9-10-19(2)16-20)25(30)17-21-12-7-8-15-24(21)29(32)33/h7-12,15-16,22-23H,3-6,13-14,17-18H2,1-2H3,(H,27,31)/t23-/m1/s1. The Morgan fingerprint density at radius 2 is 1.85 bits per heavy atom. The van der Waals surface area contributed by atoms with Gasteiger partial charge in [0.2, 0.25) is 11.8 Å². The van der Waals surface area contributed by atoms with Crippen molar-refractivity contribution in [3.05, 3.63) is 75.3 Å². The van der Waals surface area contributed by atoms with Crippen molar-refractivity contribution in [2.24, 2.45) is 0 Å². The molecule has 1 aliphatic carbocycles. The highest BCUT2D eigenvalue weighted by atomic mass is 16.6. The molecule has 1 saturated carbocycles. The van der Waals surface area contributed by atoms with Crippen LogP contribution in [0.5, 0.6) is 0 Å². The van der Waals surface area contributed by atoms with Crippen LogP contribution in [0, 0.1) is 17.0 Å². The van der Waals surface area contributed by atoms with Crippen LogP contribution in [0.1, 0.15) is 62.1 Å². The van der Waals surface area contributed by atoms with Crippen LogP contribution >= 0.6 is 0 Å². The number of amides is 2. The van der Waals surface area contributed by atoms with Gasteiger partial charge < -0.3 is 10.2 Å². The van der Waals surface area contributed by atoms with Crippen molar-refractivity contribution in [1.29, 1.82) is 0 Å². The summed E-state index contributed by atoms with van der Waals surface area (Å²) in [6, 6.07) is 13.6. The normalized spacial score (nSPS) is 15.0. The Morgan fingerprint density at radius 3 is 2.52 bits per heavy atom. The molecule has 3 rings (SSSR count). The molecule has 0 aliphatic heterocycles. The number of aryl methyl sites for hydroxylation is 1. The highest BCUT2D eigenvalue weighted by molar-refractivity contribution is 5.89. The molecule has 1 N–H and O–H groups in total. The fourth-order valence-corrected chi connectivity index (χ4v) is 4.57. The van der Waals surface area contributed by atoms with Crippen molar-refractivity contribution in [3.63, 3.8) is 0 Å². The van der Waals surface area contributed by atoms with Gasteiger partial charge in [-0.25, -0.2) is 0 Å². The van der Waals surface area contributed by atoms with E-state index in [1.165, 1.54) is 12.5 Å². The van der Waals surface area contributed by atoms with E-state index < -0.39 is 11.0 Å². The molecule has 176 valence electrons. The molecular weight excluding hydrogens is 418 g/mol. The van der Waals surface area contributed by atoms with Gasteiger partial charge in [0.15, 0.2) is 0 Å². The first kappa shape index (κ1) is 24.4. The predicted molar refractivity (Wildman–Crippen MR) is 128 cm³/mol. The summed E-state index contributed by atoms with van der Waals surface area (Å²) >= 11 is 0. The lowest BCUT2D eigenvalue weighted by Gasteiger charge is -2.33. The fraction of sp³-hybridized carbons (Fsp3) is 0.462. The van der Waals surface area contributed by atoms with E-state index in [9.17, 15) is 19.7 Å². The quantitative estimate of drug-likeness (QED) is 0.442. The third-order valence-electron chi connectivity index (χ3n) is 6.30. The molecule has 0 heterocycles. The molecule has 0 bridgehead atoms. The Balaban J connectivity index is 1.86. The second-order valence-corrected chi connectivity index (χ2v) is 8.84. The van der Waals surface area contributed by atoms with Crippen LogP contribution in [0.2, 0.25) is 0 Å². The minimum atomic E-state index is -0.636. The first-order chi connectivity index (χ1) is 15.9. The summed E-state index contributed by atoms with van der Waals surface area (Å²) in [6.07, 6.45) is 5.66. The number of para-hydroxylation sites is 1. The SMILES string of the molecule is CC[C@H](C(=O)NC1CCCCC1)N(Cc1cccc(C)c1)C(=O)Cc1ccccc1[N+](=O)[O-]. The monoisotopic (exact) mass is 451 g/mol. The number of hydrogen-bond donors (Lipinski definition) is 1. The van der Waals surface area contributed by atoms with E-state index in [-0.39, 0.29) is 36.5 Å². The highest BCUT2D eigenvalue weighted by Crippen LogP contribution is 2.22. The van der Waals surface area contributed by atoms with E-state index in [1.807, 2.05) is 38.1 Å². The smallest absolute Gasteiger partial charge is 0.273 e. The largest absolute Gasteiger partial charge is 0.352 e. The zero-order valence-electron chi connectivity index (χ0n) is 19.5. The number of carbonyl (C=O) groups is 2. The molecule has 0 spiro atoms. The van der Waals surface area contributed by atoms with E-state index in [1.54, 1.807) is 23.1 Å². The number of nitrogens with zero attached hydrogens (tertiary/aromatic N) is 2. The Labute approximate surface area is 195 Å². The zero-order valence-corrected chi connectivity index (χ0v) is 19.5. The average Bonchev–Trinajstić information content (AvgIpc) is 2.80. The topological polar surface area (TPSA) is 92.6 Å². The van der Waals surface area contributed by atoms with Gasteiger partial charge in [-0.05, 0) is 31.7 Å². The number of hydrogen-bond acceptors (Lipinski definition) is 4. The maximum atomic E-state index is 13.5. The molecule has 1 fully saturated rings. The molecule has 2 amide bonds. The summed E-state index contributed by atoms with van der Waals surface area (Å²) in [5, 5.41) is 14.6. The maximum absolute atomic E-state index is 13.5. The molecule has 0 saturated heterocycles. The van der Waals surface area contributed by atoms with Gasteiger partial charge in [0.25, 0.3) is 5.69 Å². The zero-order chi connectivity index (χ0) is 23.8. The predicted octanol–water partition coefficient (Wildman–Crippen LogP) is 4.70. The third-order valence-corrected chi connectivity index (χ3v) is 6.30. The van der Waals surface area contributed by atoms with Crippen molar-refractivity contribution in [1.82, 2.24) is 10.2 Å². The lowest BCUT2D eigenvalue weighted by atomic mass is 9.95. The van der Waals surface area contributed by atoms with Crippen LogP contribution in [-0.2, 0) is 22.6 Å². The van der Waals surface area contributed by atoms with Crippen LogP contribution in [0.3, 0.4) is 0 Å². The fourth-order valence-electron chi connectivity index (χ4n) is 4.57. The minimum absolute atomic E-state index is 0.0824. The average molecular weight is 452 g/mol. The molecule has 1 aliphatic rings. The molecule has 1 atom stereocenters. The molecule has 0 unspecified atom stereocenters. The third kappa shape index (κ3) is 6.63. The van der Waals surface area contributed by atoms with E-state index in [2.05, 4.69) is 5.32 Å². The maximum Gasteiger partial charge on any atom is 0.273 e. The van der Waals surface area contributed by atoms with Gasteiger partial charge >= 0.3 is 0 Å². The Morgan fingerprint density at radius 1 is 1.12 bits per heavy atom. The van der Waals surface area contributed by atoms with Gasteiger partial charge in [-0.2, -0.15) is 0 Å². The summed E-state index contributed by atoms with van der Waals surface area (Å²) < 4.78 is 0. The summed E-state index contributed by atoms with van der Waals surface area (Å²) in [5.41, 5.74) is 2.26. The lowest BCUT2D eigenvalue weighted by Crippen LogP contribution is -2.52. The molecule has 2 aromatic carbocycles. The van der Waals surface area contributed by atoms with Gasteiger partial charge in [-0.15, -0.1) is 0 Å². The summed E-state index contributed by atoms with van der Waals surface area (Å²) in [7, 11) is 0. The minimum Gasteiger partial charge on any atom is -0.352 e. The van der Waals surface area contributed by atoms with Crippen LogP contribution in [-0.4, -0.2) is 33.7 Å². The number of nitrogens with one attached hydrogen (secondary N) is 1. The Hall–Kier alpha value is -3.22. The number of nitro groups is 1. The van der Waals surface area contributed by atoms with Gasteiger partial charge in [0.1, 0.15) is 6.04 Å². The summed E-state index contributed by atoms with van der Waals surface area (Å²) in [6.45, 7) is 4.15. The van der Waals surface area contributed by atoms with Gasteiger partial charge in [-0.1, -0.05) is 74.2 Å². The van der Waals surface area contributed by atoms with Crippen LogP contribution in [0.25, 0.3) is 0 Å². The van der Waals surface area contributed by atoms with E-state index in [0.29, 0.717) is 12.0 Å². The van der Waals surface area contributed by atoms with Crippen molar-refractivity contribution < 1.29 is 14.5 Å². The second-order valence-electron chi connectivity index (χ2n) is 8.84. The molecule has 0 aromatic heterocycles. The Bertz CT molecular complexity index is 985. The van der Waals surface area contributed by atoms with Crippen molar-refractivity contribution in [2.45, 2.75) is 77.4 Å². The number of carbonyl (C=O) groups excluding carboxylic acids is 2. The van der Waals surface area contributed by atoms with E-state index in [0.717, 1.165) is 36.8 Å². The number of rotatable bonds is 9. The van der Waals surface area contributed by atoms with Crippen molar-refractivity contribution in [3.8, 4) is 0 Å². The van der Waals surface area contributed by atoms with Crippen LogP contribution < -0.4 is 5.32 Å². The van der Waals surface area contributed by atoms with Gasteiger partial charge in [0, 0.05) is 24.2 Å². The van der Waals surface area contributed by atoms with E-state index in [4.69, 9.17) is 0 Å². The van der Waals surface area contributed by atoms with Gasteiger partial charge in [0.05, 0.1) is 11.3 Å². The van der Waals surface area contributed by atoms with Crippen LogP contribution in [0.4, 0.5) is 5.69 Å². The summed E-state index contributed by atoms with van der Waals surface area (Å²) in [4.78, 5) is 39.3. The number of benzene rings is 2. The molecule has 33 heavy (non-hydrogen) atoms. The van der Waals surface area contributed by atoms with Crippen LogP contribution in [0.15, 0.2) is 48.5 Å². The molecule has 7 heteroatoms.